The quantitative estimate of drug-likeness (QED) is 0.848. The molecule has 1 atom stereocenters. The van der Waals surface area contributed by atoms with E-state index >= 15 is 0 Å². The summed E-state index contributed by atoms with van der Waals surface area (Å²) in [4.78, 5) is 2.47. The zero-order valence-electron chi connectivity index (χ0n) is 13.8. The first-order chi connectivity index (χ1) is 10.7. The number of hydrogen-bond donors (Lipinski definition) is 2. The van der Waals surface area contributed by atoms with Gasteiger partial charge in [-0.1, -0.05) is 30.7 Å². The van der Waals surface area contributed by atoms with E-state index < -0.39 is 0 Å². The summed E-state index contributed by atoms with van der Waals surface area (Å²) in [5, 5.41) is 13.4. The van der Waals surface area contributed by atoms with Crippen molar-refractivity contribution in [3.05, 3.63) is 35.4 Å². The minimum Gasteiger partial charge on any atom is -0.393 e. The molecule has 3 rings (SSSR count). The van der Waals surface area contributed by atoms with Crippen molar-refractivity contribution in [3.8, 4) is 0 Å². The lowest BCUT2D eigenvalue weighted by Gasteiger charge is -2.33. The van der Waals surface area contributed by atoms with Crippen LogP contribution in [0, 0.1) is 5.92 Å². The number of likely N-dealkylation sites (tertiary alicyclic amines) is 1. The predicted octanol–water partition coefficient (Wildman–Crippen LogP) is 2.92. The third-order valence-corrected chi connectivity index (χ3v) is 5.54. The van der Waals surface area contributed by atoms with E-state index in [0.717, 1.165) is 44.9 Å². The number of nitrogens with one attached hydrogen (secondary N) is 1. The predicted molar refractivity (Wildman–Crippen MR) is 90.6 cm³/mol. The van der Waals surface area contributed by atoms with Crippen molar-refractivity contribution in [2.75, 3.05) is 13.1 Å². The van der Waals surface area contributed by atoms with Crippen molar-refractivity contribution in [2.24, 2.45) is 5.92 Å². The molecule has 1 heterocycles. The molecule has 1 aliphatic heterocycles. The van der Waals surface area contributed by atoms with Crippen molar-refractivity contribution in [1.82, 2.24) is 10.2 Å². The summed E-state index contributed by atoms with van der Waals surface area (Å²) in [6, 6.07) is 9.44. The van der Waals surface area contributed by atoms with Gasteiger partial charge in [0.25, 0.3) is 0 Å². The molecule has 1 saturated carbocycles. The number of piperidine rings is 1. The van der Waals surface area contributed by atoms with Gasteiger partial charge < -0.3 is 10.4 Å². The maximum Gasteiger partial charge on any atom is 0.0564 e. The highest BCUT2D eigenvalue weighted by Crippen LogP contribution is 2.29. The first-order valence-corrected chi connectivity index (χ1v) is 8.93. The van der Waals surface area contributed by atoms with Crippen LogP contribution in [0.15, 0.2) is 24.3 Å². The molecule has 22 heavy (non-hydrogen) atoms. The minimum absolute atomic E-state index is 0.0866. The average molecular weight is 302 g/mol. The summed E-state index contributed by atoms with van der Waals surface area (Å²) in [5.74, 6) is 0.885. The molecule has 0 radical (unpaired) electrons. The number of hydrogen-bond acceptors (Lipinski definition) is 3. The maximum absolute atomic E-state index is 9.64. The van der Waals surface area contributed by atoms with Gasteiger partial charge in [-0.15, -0.1) is 0 Å². The second-order valence-corrected chi connectivity index (χ2v) is 7.14. The number of benzene rings is 1. The van der Waals surface area contributed by atoms with Crippen LogP contribution in [0.5, 0.6) is 0 Å². The van der Waals surface area contributed by atoms with Gasteiger partial charge in [-0.25, -0.2) is 0 Å². The topological polar surface area (TPSA) is 35.5 Å². The van der Waals surface area contributed by atoms with Crippen LogP contribution in [0.4, 0.5) is 0 Å². The summed E-state index contributed by atoms with van der Waals surface area (Å²) in [7, 11) is 0. The summed E-state index contributed by atoms with van der Waals surface area (Å²) in [6.45, 7) is 6.36. The smallest absolute Gasteiger partial charge is 0.0564 e. The zero-order chi connectivity index (χ0) is 15.4. The van der Waals surface area contributed by atoms with Crippen LogP contribution in [-0.2, 0) is 13.1 Å². The summed E-state index contributed by atoms with van der Waals surface area (Å²) >= 11 is 0. The van der Waals surface area contributed by atoms with Gasteiger partial charge in [0.15, 0.2) is 0 Å². The van der Waals surface area contributed by atoms with Gasteiger partial charge in [-0.2, -0.15) is 0 Å². The van der Waals surface area contributed by atoms with Crippen molar-refractivity contribution in [3.63, 3.8) is 0 Å². The molecule has 3 heteroatoms. The lowest BCUT2D eigenvalue weighted by atomic mass is 9.80. The Morgan fingerprint density at radius 3 is 2.45 bits per heavy atom. The number of aliphatic hydroxyl groups is 1. The summed E-state index contributed by atoms with van der Waals surface area (Å²) in [6.07, 6.45) is 5.95. The maximum atomic E-state index is 9.64. The Kier molecular flexibility index (Phi) is 5.51. The first kappa shape index (κ1) is 16.0. The molecule has 1 aliphatic carbocycles. The number of nitrogens with zero attached hydrogens (tertiary/aromatic N) is 1. The molecule has 0 spiro atoms. The van der Waals surface area contributed by atoms with Crippen LogP contribution >= 0.6 is 0 Å². The molecule has 122 valence electrons. The van der Waals surface area contributed by atoms with E-state index in [4.69, 9.17) is 0 Å². The third kappa shape index (κ3) is 4.09. The van der Waals surface area contributed by atoms with Gasteiger partial charge in [0, 0.05) is 32.2 Å². The van der Waals surface area contributed by atoms with Gasteiger partial charge in [-0.3, -0.25) is 4.90 Å². The molecule has 0 bridgehead atoms. The number of rotatable bonds is 6. The van der Waals surface area contributed by atoms with Gasteiger partial charge in [-0.05, 0) is 49.7 Å². The molecule has 1 aromatic carbocycles. The molecule has 3 nitrogen and oxygen atoms in total. The first-order valence-electron chi connectivity index (χ1n) is 8.93. The Morgan fingerprint density at radius 2 is 1.82 bits per heavy atom. The van der Waals surface area contributed by atoms with Crippen LogP contribution in [0.1, 0.15) is 50.2 Å². The van der Waals surface area contributed by atoms with Gasteiger partial charge in [0.1, 0.15) is 0 Å². The summed E-state index contributed by atoms with van der Waals surface area (Å²) < 4.78 is 0. The van der Waals surface area contributed by atoms with E-state index in [1.807, 2.05) is 0 Å². The van der Waals surface area contributed by atoms with E-state index in [2.05, 4.69) is 41.4 Å². The van der Waals surface area contributed by atoms with Gasteiger partial charge in [0.2, 0.25) is 0 Å². The fraction of sp³-hybridized carbons (Fsp3) is 0.684. The highest BCUT2D eigenvalue weighted by Gasteiger charge is 2.23. The second kappa shape index (κ2) is 7.58. The van der Waals surface area contributed by atoms with Crippen molar-refractivity contribution >= 4 is 0 Å². The third-order valence-electron chi connectivity index (χ3n) is 5.54. The fourth-order valence-electron chi connectivity index (χ4n) is 3.58. The Labute approximate surface area is 134 Å². The molecule has 0 aromatic heterocycles. The van der Waals surface area contributed by atoms with Crippen LogP contribution in [0.25, 0.3) is 0 Å². The molecule has 0 amide bonds. The van der Waals surface area contributed by atoms with Crippen molar-refractivity contribution in [1.29, 1.82) is 0 Å². The largest absolute Gasteiger partial charge is 0.393 e. The highest BCUT2D eigenvalue weighted by atomic mass is 16.3. The Bertz CT molecular complexity index is 464. The SMILES string of the molecule is CC(NCc1ccccc1CN1CCC(O)CC1)C1CCC1. The lowest BCUT2D eigenvalue weighted by molar-refractivity contribution is 0.0791. The van der Waals surface area contributed by atoms with Crippen LogP contribution in [0.3, 0.4) is 0 Å². The molecule has 1 saturated heterocycles. The van der Waals surface area contributed by atoms with Crippen LogP contribution in [-0.4, -0.2) is 35.2 Å². The Morgan fingerprint density at radius 1 is 1.14 bits per heavy atom. The Balaban J connectivity index is 1.55. The number of aliphatic hydroxyl groups excluding tert-OH is 1. The zero-order valence-corrected chi connectivity index (χ0v) is 13.8. The minimum atomic E-state index is -0.0866. The van der Waals surface area contributed by atoms with E-state index in [0.29, 0.717) is 6.04 Å². The molecule has 2 fully saturated rings. The van der Waals surface area contributed by atoms with E-state index in [1.165, 1.54) is 30.4 Å². The van der Waals surface area contributed by atoms with E-state index in [1.54, 1.807) is 0 Å². The lowest BCUT2D eigenvalue weighted by Crippen LogP contribution is -2.37. The standard InChI is InChI=1S/C19H30N2O/c1-15(16-7-4-8-16)20-13-17-5-2-3-6-18(17)14-21-11-9-19(22)10-12-21/h2-3,5-6,15-16,19-20,22H,4,7-14H2,1H3. The van der Waals surface area contributed by atoms with Crippen molar-refractivity contribution < 1.29 is 5.11 Å². The molecule has 2 aliphatic rings. The van der Waals surface area contributed by atoms with Crippen molar-refractivity contribution in [2.45, 2.75) is 64.3 Å². The molecule has 1 aromatic rings. The normalized spacial score (nSPS) is 22.5. The van der Waals surface area contributed by atoms with Crippen LogP contribution < -0.4 is 5.32 Å². The fourth-order valence-corrected chi connectivity index (χ4v) is 3.58. The molecule has 1 unspecified atom stereocenters. The molecular formula is C19H30N2O. The molecule has 2 N–H and O–H groups in total. The second-order valence-electron chi connectivity index (χ2n) is 7.14. The highest BCUT2D eigenvalue weighted by molar-refractivity contribution is 5.27. The monoisotopic (exact) mass is 302 g/mol. The molecular weight excluding hydrogens is 272 g/mol. The average Bonchev–Trinajstić information content (AvgIpc) is 2.47. The van der Waals surface area contributed by atoms with E-state index in [-0.39, 0.29) is 6.10 Å². The van der Waals surface area contributed by atoms with Crippen LogP contribution in [0.2, 0.25) is 0 Å². The van der Waals surface area contributed by atoms with E-state index in [9.17, 15) is 5.11 Å². The Hall–Kier alpha value is -0.900. The van der Waals surface area contributed by atoms with Gasteiger partial charge in [0.05, 0.1) is 6.10 Å². The van der Waals surface area contributed by atoms with Gasteiger partial charge >= 0.3 is 0 Å². The summed E-state index contributed by atoms with van der Waals surface area (Å²) in [5.41, 5.74) is 2.87.